The third-order valence-electron chi connectivity index (χ3n) is 3.90. The van der Waals surface area contributed by atoms with Crippen LogP contribution in [-0.4, -0.2) is 50.5 Å². The lowest BCUT2D eigenvalue weighted by Gasteiger charge is -2.11. The molecule has 1 N–H and O–H groups in total. The number of hydrogen-bond donors (Lipinski definition) is 1. The van der Waals surface area contributed by atoms with E-state index in [0.29, 0.717) is 13.2 Å². The lowest BCUT2D eigenvalue weighted by atomic mass is 10.3. The van der Waals surface area contributed by atoms with Crippen LogP contribution < -0.4 is 5.32 Å². The molecule has 3 aromatic rings. The largest absolute Gasteiger partial charge is 0.383 e. The second kappa shape index (κ2) is 9.29. The zero-order chi connectivity index (χ0) is 19.1. The smallest absolute Gasteiger partial charge is 0.232 e. The van der Waals surface area contributed by atoms with Crippen molar-refractivity contribution in [3.05, 3.63) is 66.6 Å². The molecule has 8 heteroatoms. The highest BCUT2D eigenvalue weighted by Crippen LogP contribution is 2.21. The van der Waals surface area contributed by atoms with Gasteiger partial charge in [-0.15, -0.1) is 0 Å². The van der Waals surface area contributed by atoms with Crippen LogP contribution >= 0.6 is 0 Å². The summed E-state index contributed by atoms with van der Waals surface area (Å²) in [6.07, 6.45) is 5.55. The Balaban J connectivity index is 1.79. The number of ether oxygens (including phenoxy) is 1. The first-order chi connectivity index (χ1) is 13.2. The molecule has 0 unspecified atom stereocenters. The third-order valence-corrected chi connectivity index (χ3v) is 5.12. The lowest BCUT2D eigenvalue weighted by molar-refractivity contribution is -0.118. The van der Waals surface area contributed by atoms with E-state index < -0.39 is 10.8 Å². The van der Waals surface area contributed by atoms with Gasteiger partial charge in [-0.3, -0.25) is 9.00 Å². The van der Waals surface area contributed by atoms with Gasteiger partial charge in [-0.1, -0.05) is 18.2 Å². The van der Waals surface area contributed by atoms with Gasteiger partial charge in [-0.25, -0.2) is 4.68 Å². The summed E-state index contributed by atoms with van der Waals surface area (Å²) < 4.78 is 21.1. The Labute approximate surface area is 160 Å². The van der Waals surface area contributed by atoms with Crippen LogP contribution in [0.2, 0.25) is 0 Å². The Morgan fingerprint density at radius 3 is 2.63 bits per heavy atom. The van der Waals surface area contributed by atoms with E-state index in [4.69, 9.17) is 4.74 Å². The summed E-state index contributed by atoms with van der Waals surface area (Å²) in [4.78, 5) is 11.9. The summed E-state index contributed by atoms with van der Waals surface area (Å²) in [5, 5.41) is 7.17. The van der Waals surface area contributed by atoms with Gasteiger partial charge in [0.1, 0.15) is 11.6 Å². The van der Waals surface area contributed by atoms with E-state index in [9.17, 15) is 9.00 Å². The quantitative estimate of drug-likeness (QED) is 0.568. The monoisotopic (exact) mass is 386 g/mol. The average Bonchev–Trinajstić information content (AvgIpc) is 3.32. The van der Waals surface area contributed by atoms with Gasteiger partial charge in [0.15, 0.2) is 0 Å². The molecule has 2 heterocycles. The SMILES string of the molecule is COCCNC(=O)C[S@@](=O)Cc1cnn(-c2ccccc2)c1-n1cccc1. The maximum Gasteiger partial charge on any atom is 0.232 e. The highest BCUT2D eigenvalue weighted by atomic mass is 32.2. The number of methoxy groups -OCH3 is 1. The molecule has 1 amide bonds. The number of benzene rings is 1. The van der Waals surface area contributed by atoms with Crippen molar-refractivity contribution >= 4 is 16.7 Å². The van der Waals surface area contributed by atoms with Crippen LogP contribution in [-0.2, 0) is 26.1 Å². The zero-order valence-corrected chi connectivity index (χ0v) is 15.9. The van der Waals surface area contributed by atoms with E-state index in [0.717, 1.165) is 17.1 Å². The summed E-state index contributed by atoms with van der Waals surface area (Å²) in [7, 11) is 0.226. The van der Waals surface area contributed by atoms with Crippen LogP contribution in [0.1, 0.15) is 5.56 Å². The minimum atomic E-state index is -1.34. The number of nitrogens with one attached hydrogen (secondary N) is 1. The highest BCUT2D eigenvalue weighted by Gasteiger charge is 2.17. The minimum absolute atomic E-state index is 0.0502. The molecule has 0 saturated carbocycles. The van der Waals surface area contributed by atoms with E-state index in [1.165, 1.54) is 0 Å². The van der Waals surface area contributed by atoms with Crippen LogP contribution in [0.15, 0.2) is 61.1 Å². The Morgan fingerprint density at radius 2 is 1.93 bits per heavy atom. The summed E-state index contributed by atoms with van der Waals surface area (Å²) in [6.45, 7) is 0.840. The van der Waals surface area contributed by atoms with Gasteiger partial charge in [-0.05, 0) is 24.3 Å². The van der Waals surface area contributed by atoms with Crippen LogP contribution in [0.25, 0.3) is 11.5 Å². The zero-order valence-electron chi connectivity index (χ0n) is 15.1. The maximum absolute atomic E-state index is 12.5. The predicted molar refractivity (Wildman–Crippen MR) is 104 cm³/mol. The summed E-state index contributed by atoms with van der Waals surface area (Å²) in [6, 6.07) is 13.6. The van der Waals surface area contributed by atoms with E-state index >= 15 is 0 Å². The molecule has 0 saturated heterocycles. The number of rotatable bonds is 9. The van der Waals surface area contributed by atoms with Crippen LogP contribution in [0.3, 0.4) is 0 Å². The molecule has 0 radical (unpaired) electrons. The maximum atomic E-state index is 12.5. The van der Waals surface area contributed by atoms with Gasteiger partial charge >= 0.3 is 0 Å². The molecular weight excluding hydrogens is 364 g/mol. The molecule has 1 aromatic carbocycles. The fraction of sp³-hybridized carbons (Fsp3) is 0.263. The molecule has 7 nitrogen and oxygen atoms in total. The summed E-state index contributed by atoms with van der Waals surface area (Å²) in [5.74, 6) is 0.770. The molecule has 0 bridgehead atoms. The standard InChI is InChI=1S/C19H22N4O3S/c1-26-12-9-20-18(24)15-27(25)14-16-13-21-23(17-7-3-2-4-8-17)19(16)22-10-5-6-11-22/h2-8,10-11,13H,9,12,14-15H2,1H3,(H,20,24)/t27-/m0/s1. The number of nitrogens with zero attached hydrogens (tertiary/aromatic N) is 3. The molecule has 0 aliphatic carbocycles. The normalized spacial score (nSPS) is 12.0. The van der Waals surface area contributed by atoms with Crippen molar-refractivity contribution in [1.82, 2.24) is 19.7 Å². The van der Waals surface area contributed by atoms with Gasteiger partial charge in [0.25, 0.3) is 0 Å². The van der Waals surface area contributed by atoms with Crippen LogP contribution in [0.5, 0.6) is 0 Å². The van der Waals surface area contributed by atoms with Crippen molar-refractivity contribution in [2.45, 2.75) is 5.75 Å². The fourth-order valence-corrected chi connectivity index (χ4v) is 3.75. The van der Waals surface area contributed by atoms with Gasteiger partial charge in [0.05, 0.1) is 24.2 Å². The highest BCUT2D eigenvalue weighted by molar-refractivity contribution is 7.84. The van der Waals surface area contributed by atoms with E-state index in [-0.39, 0.29) is 17.4 Å². The number of para-hydroxylation sites is 1. The van der Waals surface area contributed by atoms with Crippen LogP contribution in [0.4, 0.5) is 0 Å². The van der Waals surface area contributed by atoms with Crippen molar-refractivity contribution < 1.29 is 13.7 Å². The van der Waals surface area contributed by atoms with Gasteiger partial charge in [-0.2, -0.15) is 5.10 Å². The lowest BCUT2D eigenvalue weighted by Crippen LogP contribution is -2.31. The van der Waals surface area contributed by atoms with E-state index in [1.807, 2.05) is 64.1 Å². The number of aromatic nitrogens is 3. The Kier molecular flexibility index (Phi) is 6.56. The Bertz CT molecular complexity index is 891. The summed E-state index contributed by atoms with van der Waals surface area (Å²) in [5.41, 5.74) is 1.73. The second-order valence-electron chi connectivity index (χ2n) is 5.90. The molecule has 0 fully saturated rings. The first kappa shape index (κ1) is 19.1. The van der Waals surface area contributed by atoms with Crippen LogP contribution in [0, 0.1) is 0 Å². The minimum Gasteiger partial charge on any atom is -0.383 e. The topological polar surface area (TPSA) is 78.2 Å². The fourth-order valence-electron chi connectivity index (χ4n) is 2.70. The van der Waals surface area contributed by atoms with Gasteiger partial charge < -0.3 is 14.6 Å². The van der Waals surface area contributed by atoms with Gasteiger partial charge in [0, 0.05) is 42.4 Å². The molecule has 3 rings (SSSR count). The number of carbonyl (C=O) groups excluding carboxylic acids is 1. The van der Waals surface area contributed by atoms with Gasteiger partial charge in [0.2, 0.25) is 5.91 Å². The Hall–Kier alpha value is -2.71. The molecule has 142 valence electrons. The number of amides is 1. The molecule has 27 heavy (non-hydrogen) atoms. The van der Waals surface area contributed by atoms with E-state index in [2.05, 4.69) is 10.4 Å². The number of hydrogen-bond acceptors (Lipinski definition) is 4. The molecule has 0 aliphatic heterocycles. The third kappa shape index (κ3) is 4.93. The number of carbonyl (C=O) groups is 1. The summed E-state index contributed by atoms with van der Waals surface area (Å²) >= 11 is 0. The van der Waals surface area contributed by atoms with Crippen molar-refractivity contribution in [3.8, 4) is 11.5 Å². The van der Waals surface area contributed by atoms with Crippen molar-refractivity contribution in [2.24, 2.45) is 0 Å². The molecule has 1 atom stereocenters. The molecule has 0 spiro atoms. The molecule has 2 aromatic heterocycles. The Morgan fingerprint density at radius 1 is 1.19 bits per heavy atom. The van der Waals surface area contributed by atoms with Crippen molar-refractivity contribution in [2.75, 3.05) is 26.0 Å². The van der Waals surface area contributed by atoms with Crippen molar-refractivity contribution in [3.63, 3.8) is 0 Å². The van der Waals surface area contributed by atoms with E-state index in [1.54, 1.807) is 13.3 Å². The molecule has 0 aliphatic rings. The first-order valence-corrected chi connectivity index (χ1v) is 10.0. The molecular formula is C19H22N4O3S. The average molecular weight is 386 g/mol. The predicted octanol–water partition coefficient (Wildman–Crippen LogP) is 1.67. The second-order valence-corrected chi connectivity index (χ2v) is 7.36. The van der Waals surface area contributed by atoms with Crippen molar-refractivity contribution in [1.29, 1.82) is 0 Å². The first-order valence-electron chi connectivity index (χ1n) is 8.55.